The lowest BCUT2D eigenvalue weighted by atomic mass is 10.1. The van der Waals surface area contributed by atoms with Crippen LogP contribution < -0.4 is 16.5 Å². The van der Waals surface area contributed by atoms with Gasteiger partial charge in [-0.2, -0.15) is 0 Å². The highest BCUT2D eigenvalue weighted by atomic mass is 16.2. The van der Waals surface area contributed by atoms with E-state index in [2.05, 4.69) is 10.3 Å². The van der Waals surface area contributed by atoms with Crippen LogP contribution in [0.15, 0.2) is 47.5 Å². The van der Waals surface area contributed by atoms with E-state index in [0.717, 1.165) is 5.56 Å². The topological polar surface area (TPSA) is 88.0 Å². The highest BCUT2D eigenvalue weighted by Gasteiger charge is 2.15. The number of amides is 1. The minimum Gasteiger partial charge on any atom is -0.398 e. The molecule has 1 atom stereocenters. The molecule has 1 heterocycles. The molecule has 1 aromatic heterocycles. The standard InChI is InChI=1S/C14H15N3O2/c1-9(10-4-2-3-5-12(10)15)17-14(19)11-8-16-7-6-13(11)18/h2-9H,15H2,1H3,(H,16,18)(H,17,19). The van der Waals surface area contributed by atoms with Crippen molar-refractivity contribution >= 4 is 11.6 Å². The van der Waals surface area contributed by atoms with E-state index in [4.69, 9.17) is 5.73 Å². The minimum atomic E-state index is -0.419. The Bertz CT molecular complexity index is 649. The number of pyridine rings is 1. The molecule has 0 aliphatic rings. The van der Waals surface area contributed by atoms with E-state index in [1.807, 2.05) is 25.1 Å². The summed E-state index contributed by atoms with van der Waals surface area (Å²) in [4.78, 5) is 26.3. The van der Waals surface area contributed by atoms with E-state index in [0.29, 0.717) is 5.69 Å². The number of anilines is 1. The zero-order chi connectivity index (χ0) is 13.8. The van der Waals surface area contributed by atoms with Crippen LogP contribution in [0.5, 0.6) is 0 Å². The molecule has 19 heavy (non-hydrogen) atoms. The Morgan fingerprint density at radius 3 is 2.74 bits per heavy atom. The fraction of sp³-hybridized carbons (Fsp3) is 0.143. The van der Waals surface area contributed by atoms with E-state index < -0.39 is 5.91 Å². The van der Waals surface area contributed by atoms with Crippen molar-refractivity contribution in [2.24, 2.45) is 0 Å². The summed E-state index contributed by atoms with van der Waals surface area (Å²) in [6.07, 6.45) is 2.87. The Balaban J connectivity index is 2.18. The summed E-state index contributed by atoms with van der Waals surface area (Å²) in [6, 6.07) is 8.34. The van der Waals surface area contributed by atoms with Crippen LogP contribution in [0.25, 0.3) is 0 Å². The predicted octanol–water partition coefficient (Wildman–Crippen LogP) is 1.45. The average Bonchev–Trinajstić information content (AvgIpc) is 2.39. The molecule has 0 aliphatic heterocycles. The molecule has 0 saturated carbocycles. The van der Waals surface area contributed by atoms with Crippen LogP contribution in [0.3, 0.4) is 0 Å². The molecule has 1 unspecified atom stereocenters. The number of carbonyl (C=O) groups is 1. The summed E-state index contributed by atoms with van der Waals surface area (Å²) >= 11 is 0. The van der Waals surface area contributed by atoms with Crippen molar-refractivity contribution in [1.82, 2.24) is 10.3 Å². The molecule has 2 aromatic rings. The van der Waals surface area contributed by atoms with Crippen molar-refractivity contribution in [3.05, 3.63) is 64.1 Å². The second kappa shape index (κ2) is 5.39. The van der Waals surface area contributed by atoms with E-state index in [9.17, 15) is 9.59 Å². The molecule has 0 radical (unpaired) electrons. The molecule has 4 N–H and O–H groups in total. The second-order valence-electron chi connectivity index (χ2n) is 4.25. The van der Waals surface area contributed by atoms with Crippen molar-refractivity contribution in [1.29, 1.82) is 0 Å². The molecular weight excluding hydrogens is 242 g/mol. The predicted molar refractivity (Wildman–Crippen MR) is 73.8 cm³/mol. The maximum atomic E-state index is 12.0. The molecule has 0 saturated heterocycles. The highest BCUT2D eigenvalue weighted by molar-refractivity contribution is 5.94. The number of carbonyl (C=O) groups excluding carboxylic acids is 1. The summed E-state index contributed by atoms with van der Waals surface area (Å²) in [5.41, 5.74) is 7.05. The minimum absolute atomic E-state index is 0.0869. The first-order chi connectivity index (χ1) is 9.09. The number of para-hydroxylation sites is 1. The van der Waals surface area contributed by atoms with Gasteiger partial charge in [0.2, 0.25) is 0 Å². The molecular formula is C14H15N3O2. The van der Waals surface area contributed by atoms with Gasteiger partial charge in [0.15, 0.2) is 5.43 Å². The van der Waals surface area contributed by atoms with Crippen molar-refractivity contribution < 1.29 is 4.79 Å². The van der Waals surface area contributed by atoms with E-state index in [1.54, 1.807) is 6.07 Å². The highest BCUT2D eigenvalue weighted by Crippen LogP contribution is 2.19. The van der Waals surface area contributed by atoms with Crippen molar-refractivity contribution in [2.75, 3.05) is 5.73 Å². The third-order valence-electron chi connectivity index (χ3n) is 2.88. The third-order valence-corrected chi connectivity index (χ3v) is 2.88. The number of hydrogen-bond donors (Lipinski definition) is 3. The number of aromatic nitrogens is 1. The van der Waals surface area contributed by atoms with E-state index in [1.165, 1.54) is 18.5 Å². The van der Waals surface area contributed by atoms with Crippen LogP contribution in [0, 0.1) is 0 Å². The maximum absolute atomic E-state index is 12.0. The molecule has 5 heteroatoms. The number of aromatic amines is 1. The number of rotatable bonds is 3. The molecule has 1 amide bonds. The third kappa shape index (κ3) is 2.82. The SMILES string of the molecule is CC(NC(=O)c1c[nH]ccc1=O)c1ccccc1N. The smallest absolute Gasteiger partial charge is 0.257 e. The summed E-state index contributed by atoms with van der Waals surface area (Å²) in [6.45, 7) is 1.82. The lowest BCUT2D eigenvalue weighted by Crippen LogP contribution is -2.31. The van der Waals surface area contributed by atoms with E-state index in [-0.39, 0.29) is 17.0 Å². The first-order valence-electron chi connectivity index (χ1n) is 5.92. The van der Waals surface area contributed by atoms with Gasteiger partial charge in [-0.15, -0.1) is 0 Å². The first kappa shape index (κ1) is 12.9. The van der Waals surface area contributed by atoms with Crippen LogP contribution in [0.1, 0.15) is 28.9 Å². The van der Waals surface area contributed by atoms with Crippen molar-refractivity contribution in [3.8, 4) is 0 Å². The number of H-pyrrole nitrogens is 1. The summed E-state index contributed by atoms with van der Waals surface area (Å²) in [5.74, 6) is -0.419. The Morgan fingerprint density at radius 2 is 2.05 bits per heavy atom. The first-order valence-corrected chi connectivity index (χ1v) is 5.92. The summed E-state index contributed by atoms with van der Waals surface area (Å²) < 4.78 is 0. The van der Waals surface area contributed by atoms with Gasteiger partial charge in [0.05, 0.1) is 6.04 Å². The molecule has 1 aromatic carbocycles. The van der Waals surface area contributed by atoms with Gasteiger partial charge in [-0.1, -0.05) is 18.2 Å². The Hall–Kier alpha value is -2.56. The summed E-state index contributed by atoms with van der Waals surface area (Å²) in [7, 11) is 0. The quantitative estimate of drug-likeness (QED) is 0.727. The Labute approximate surface area is 110 Å². The van der Waals surface area contributed by atoms with Crippen molar-refractivity contribution in [3.63, 3.8) is 0 Å². The number of nitrogen functional groups attached to an aromatic ring is 1. The molecule has 0 aliphatic carbocycles. The van der Waals surface area contributed by atoms with Crippen LogP contribution >= 0.6 is 0 Å². The van der Waals surface area contributed by atoms with Crippen LogP contribution in [0.2, 0.25) is 0 Å². The zero-order valence-corrected chi connectivity index (χ0v) is 10.5. The molecule has 0 bridgehead atoms. The normalized spacial score (nSPS) is 11.8. The zero-order valence-electron chi connectivity index (χ0n) is 10.5. The van der Waals surface area contributed by atoms with Gasteiger partial charge < -0.3 is 16.0 Å². The van der Waals surface area contributed by atoms with Crippen molar-refractivity contribution in [2.45, 2.75) is 13.0 Å². The van der Waals surface area contributed by atoms with E-state index >= 15 is 0 Å². The summed E-state index contributed by atoms with van der Waals surface area (Å²) in [5, 5.41) is 2.76. The fourth-order valence-corrected chi connectivity index (χ4v) is 1.85. The molecule has 5 nitrogen and oxygen atoms in total. The maximum Gasteiger partial charge on any atom is 0.257 e. The molecule has 0 fully saturated rings. The van der Waals surface area contributed by atoms with Gasteiger partial charge in [0.1, 0.15) is 5.56 Å². The molecule has 98 valence electrons. The van der Waals surface area contributed by atoms with Gasteiger partial charge in [0, 0.05) is 24.1 Å². The monoisotopic (exact) mass is 257 g/mol. The number of nitrogens with two attached hydrogens (primary N) is 1. The fourth-order valence-electron chi connectivity index (χ4n) is 1.85. The van der Waals surface area contributed by atoms with Crippen LogP contribution in [-0.2, 0) is 0 Å². The van der Waals surface area contributed by atoms with Gasteiger partial charge in [0.25, 0.3) is 5.91 Å². The molecule has 2 rings (SSSR count). The lowest BCUT2D eigenvalue weighted by Gasteiger charge is -2.15. The molecule has 0 spiro atoms. The van der Waals surface area contributed by atoms with Crippen LogP contribution in [-0.4, -0.2) is 10.9 Å². The van der Waals surface area contributed by atoms with Crippen LogP contribution in [0.4, 0.5) is 5.69 Å². The van der Waals surface area contributed by atoms with Gasteiger partial charge >= 0.3 is 0 Å². The number of hydrogen-bond acceptors (Lipinski definition) is 3. The van der Waals surface area contributed by atoms with Gasteiger partial charge in [-0.25, -0.2) is 0 Å². The number of benzene rings is 1. The Kier molecular flexibility index (Phi) is 3.66. The lowest BCUT2D eigenvalue weighted by molar-refractivity contribution is 0.0938. The number of nitrogens with one attached hydrogen (secondary N) is 2. The van der Waals surface area contributed by atoms with Gasteiger partial charge in [-0.05, 0) is 18.6 Å². The average molecular weight is 257 g/mol. The second-order valence-corrected chi connectivity index (χ2v) is 4.25. The largest absolute Gasteiger partial charge is 0.398 e. The Morgan fingerprint density at radius 1 is 1.32 bits per heavy atom. The van der Waals surface area contributed by atoms with Gasteiger partial charge in [-0.3, -0.25) is 9.59 Å².